The van der Waals surface area contributed by atoms with Gasteiger partial charge in [-0.05, 0) is 44.1 Å². The van der Waals surface area contributed by atoms with Crippen LogP contribution in [0.4, 0.5) is 0 Å². The molecule has 1 saturated carbocycles. The Balaban J connectivity index is 2.67. The molecule has 2 nitrogen and oxygen atoms in total. The molecule has 0 unspecified atom stereocenters. The summed E-state index contributed by atoms with van der Waals surface area (Å²) < 4.78 is 0. The molecule has 13 heavy (non-hydrogen) atoms. The van der Waals surface area contributed by atoms with E-state index in [1.807, 2.05) is 0 Å². The first-order chi connectivity index (χ1) is 5.96. The molecule has 0 amide bonds. The fraction of sp³-hybridized carbons (Fsp3) is 0.727. The second-order valence-electron chi connectivity index (χ2n) is 4.32. The number of carbonyl (C=O) groups is 1. The zero-order valence-electron chi connectivity index (χ0n) is 8.47. The van der Waals surface area contributed by atoms with Gasteiger partial charge in [0.2, 0.25) is 0 Å². The summed E-state index contributed by atoms with van der Waals surface area (Å²) in [6.45, 7) is 7.41. The number of ketones is 1. The summed E-state index contributed by atoms with van der Waals surface area (Å²) >= 11 is 0. The summed E-state index contributed by atoms with van der Waals surface area (Å²) in [4.78, 5) is 11.6. The average Bonchev–Trinajstić information content (AvgIpc) is 2.09. The zero-order chi connectivity index (χ0) is 10.1. The quantitative estimate of drug-likeness (QED) is 0.664. The van der Waals surface area contributed by atoms with E-state index in [-0.39, 0.29) is 5.78 Å². The first-order valence-electron chi connectivity index (χ1n) is 4.88. The van der Waals surface area contributed by atoms with Gasteiger partial charge in [-0.3, -0.25) is 4.79 Å². The summed E-state index contributed by atoms with van der Waals surface area (Å²) in [6.07, 6.45) is 3.07. The molecule has 0 aromatic carbocycles. The van der Waals surface area contributed by atoms with Crippen LogP contribution in [0.3, 0.4) is 0 Å². The highest BCUT2D eigenvalue weighted by Crippen LogP contribution is 2.33. The van der Waals surface area contributed by atoms with Gasteiger partial charge >= 0.3 is 0 Å². The number of aliphatic hydroxyl groups is 1. The van der Waals surface area contributed by atoms with Crippen LogP contribution in [0.25, 0.3) is 0 Å². The van der Waals surface area contributed by atoms with Crippen LogP contribution in [0.2, 0.25) is 0 Å². The molecule has 0 radical (unpaired) electrons. The van der Waals surface area contributed by atoms with Crippen LogP contribution in [0.15, 0.2) is 12.2 Å². The maximum Gasteiger partial charge on any atom is 0.189 e. The van der Waals surface area contributed by atoms with E-state index in [1.54, 1.807) is 6.92 Å². The molecular formula is C11H18O2. The predicted molar refractivity (Wildman–Crippen MR) is 52.4 cm³/mol. The molecule has 0 heterocycles. The maximum absolute atomic E-state index is 11.6. The lowest BCUT2D eigenvalue weighted by atomic mass is 9.76. The van der Waals surface area contributed by atoms with Crippen LogP contribution in [-0.2, 0) is 4.79 Å². The van der Waals surface area contributed by atoms with Crippen LogP contribution < -0.4 is 0 Å². The fourth-order valence-corrected chi connectivity index (χ4v) is 1.86. The molecule has 0 saturated heterocycles. The van der Waals surface area contributed by atoms with Crippen LogP contribution in [-0.4, -0.2) is 16.5 Å². The number of hydrogen-bond acceptors (Lipinski definition) is 2. The van der Waals surface area contributed by atoms with Gasteiger partial charge in [0.05, 0.1) is 0 Å². The third-order valence-corrected chi connectivity index (χ3v) is 2.91. The highest BCUT2D eigenvalue weighted by atomic mass is 16.3. The van der Waals surface area contributed by atoms with E-state index in [1.165, 1.54) is 0 Å². The number of carbonyl (C=O) groups excluding carboxylic acids is 1. The van der Waals surface area contributed by atoms with Gasteiger partial charge in [-0.15, -0.1) is 0 Å². The Kier molecular flexibility index (Phi) is 2.91. The summed E-state index contributed by atoms with van der Waals surface area (Å²) in [5, 5.41) is 10.0. The minimum absolute atomic E-state index is 0.167. The SMILES string of the molecule is C=C(C)C(=O)C1(O)CCC(C)CC1. The van der Waals surface area contributed by atoms with Crippen molar-refractivity contribution in [2.45, 2.75) is 45.1 Å². The molecular weight excluding hydrogens is 164 g/mol. The standard InChI is InChI=1S/C11H18O2/c1-8(2)10(12)11(13)6-4-9(3)5-7-11/h9,13H,1,4-7H2,2-3H3. The fourth-order valence-electron chi connectivity index (χ4n) is 1.86. The lowest BCUT2D eigenvalue weighted by molar-refractivity contribution is -0.137. The topological polar surface area (TPSA) is 37.3 Å². The van der Waals surface area contributed by atoms with Crippen molar-refractivity contribution in [1.29, 1.82) is 0 Å². The lowest BCUT2D eigenvalue weighted by Crippen LogP contribution is -2.42. The van der Waals surface area contributed by atoms with E-state index in [4.69, 9.17) is 0 Å². The van der Waals surface area contributed by atoms with Gasteiger partial charge in [0.1, 0.15) is 5.60 Å². The first-order valence-corrected chi connectivity index (χ1v) is 4.88. The molecule has 1 rings (SSSR count). The summed E-state index contributed by atoms with van der Waals surface area (Å²) in [6, 6.07) is 0. The van der Waals surface area contributed by atoms with E-state index >= 15 is 0 Å². The van der Waals surface area contributed by atoms with Gasteiger partial charge < -0.3 is 5.11 Å². The monoisotopic (exact) mass is 182 g/mol. The molecule has 2 heteroatoms. The van der Waals surface area contributed by atoms with Crippen molar-refractivity contribution in [3.05, 3.63) is 12.2 Å². The molecule has 1 fully saturated rings. The predicted octanol–water partition coefficient (Wildman–Crippen LogP) is 2.07. The van der Waals surface area contributed by atoms with Gasteiger partial charge in [0, 0.05) is 0 Å². The molecule has 0 bridgehead atoms. The summed E-state index contributed by atoms with van der Waals surface area (Å²) in [5.41, 5.74) is -0.629. The Bertz CT molecular complexity index is 222. The first kappa shape index (κ1) is 10.5. The minimum Gasteiger partial charge on any atom is -0.382 e. The largest absolute Gasteiger partial charge is 0.382 e. The normalized spacial score (nSPS) is 34.2. The lowest BCUT2D eigenvalue weighted by Gasteiger charge is -2.33. The van der Waals surface area contributed by atoms with Crippen molar-refractivity contribution < 1.29 is 9.90 Å². The summed E-state index contributed by atoms with van der Waals surface area (Å²) in [5.74, 6) is 0.470. The van der Waals surface area contributed by atoms with Crippen LogP contribution >= 0.6 is 0 Å². The molecule has 1 N–H and O–H groups in total. The molecule has 0 spiro atoms. The smallest absolute Gasteiger partial charge is 0.189 e. The van der Waals surface area contributed by atoms with E-state index in [0.717, 1.165) is 12.8 Å². The van der Waals surface area contributed by atoms with Crippen molar-refractivity contribution in [2.24, 2.45) is 5.92 Å². The van der Waals surface area contributed by atoms with Crippen LogP contribution in [0.5, 0.6) is 0 Å². The third-order valence-electron chi connectivity index (χ3n) is 2.91. The van der Waals surface area contributed by atoms with Gasteiger partial charge in [-0.1, -0.05) is 13.5 Å². The van der Waals surface area contributed by atoms with E-state index in [9.17, 15) is 9.90 Å². The molecule has 1 aliphatic rings. The second-order valence-corrected chi connectivity index (χ2v) is 4.32. The molecule has 0 atom stereocenters. The van der Waals surface area contributed by atoms with Gasteiger partial charge in [-0.2, -0.15) is 0 Å². The van der Waals surface area contributed by atoms with Crippen molar-refractivity contribution in [3.63, 3.8) is 0 Å². The van der Waals surface area contributed by atoms with Crippen molar-refractivity contribution in [1.82, 2.24) is 0 Å². The van der Waals surface area contributed by atoms with Gasteiger partial charge in [-0.25, -0.2) is 0 Å². The van der Waals surface area contributed by atoms with Crippen LogP contribution in [0.1, 0.15) is 39.5 Å². The van der Waals surface area contributed by atoms with Crippen LogP contribution in [0, 0.1) is 5.92 Å². The zero-order valence-corrected chi connectivity index (χ0v) is 8.47. The molecule has 74 valence electrons. The Morgan fingerprint density at radius 3 is 2.31 bits per heavy atom. The Morgan fingerprint density at radius 2 is 1.92 bits per heavy atom. The summed E-state index contributed by atoms with van der Waals surface area (Å²) in [7, 11) is 0. The third kappa shape index (κ3) is 2.19. The molecule has 0 aromatic heterocycles. The second kappa shape index (κ2) is 3.62. The Morgan fingerprint density at radius 1 is 1.46 bits per heavy atom. The van der Waals surface area contributed by atoms with E-state index < -0.39 is 5.60 Å². The highest BCUT2D eigenvalue weighted by molar-refractivity contribution is 6.00. The number of Topliss-reactive ketones (excluding diaryl/α,β-unsaturated/α-hetero) is 1. The van der Waals surface area contributed by atoms with Crippen molar-refractivity contribution >= 4 is 5.78 Å². The van der Waals surface area contributed by atoms with Crippen molar-refractivity contribution in [2.75, 3.05) is 0 Å². The Hall–Kier alpha value is -0.630. The molecule has 0 aliphatic heterocycles. The number of hydrogen-bond donors (Lipinski definition) is 1. The van der Waals surface area contributed by atoms with Gasteiger partial charge in [0.15, 0.2) is 5.78 Å². The van der Waals surface area contributed by atoms with E-state index in [2.05, 4.69) is 13.5 Å². The minimum atomic E-state index is -1.10. The highest BCUT2D eigenvalue weighted by Gasteiger charge is 2.38. The molecule has 0 aromatic rings. The average molecular weight is 182 g/mol. The van der Waals surface area contributed by atoms with E-state index in [0.29, 0.717) is 24.3 Å². The number of rotatable bonds is 2. The maximum atomic E-state index is 11.6. The Labute approximate surface area is 79.6 Å². The van der Waals surface area contributed by atoms with Gasteiger partial charge in [0.25, 0.3) is 0 Å². The molecule has 1 aliphatic carbocycles. The van der Waals surface area contributed by atoms with Crippen molar-refractivity contribution in [3.8, 4) is 0 Å².